The van der Waals surface area contributed by atoms with E-state index in [1.54, 1.807) is 18.2 Å². The lowest BCUT2D eigenvalue weighted by Crippen LogP contribution is -2.05. The number of hydrogen-bond donors (Lipinski definition) is 2. The van der Waals surface area contributed by atoms with Crippen LogP contribution >= 0.6 is 0 Å². The molecule has 0 spiro atoms. The summed E-state index contributed by atoms with van der Waals surface area (Å²) in [5, 5.41) is 18.0. The lowest BCUT2D eigenvalue weighted by Gasteiger charge is -2.10. The molecule has 8 heteroatoms. The molecule has 0 atom stereocenters. The van der Waals surface area contributed by atoms with Crippen molar-refractivity contribution >= 4 is 28.1 Å². The Labute approximate surface area is 143 Å². The highest BCUT2D eigenvalue weighted by molar-refractivity contribution is 5.94. The minimum Gasteiger partial charge on any atom is -0.380 e. The summed E-state index contributed by atoms with van der Waals surface area (Å²) in [6, 6.07) is 9.18. The SMILES string of the molecule is CCNc1cc2ncnc(NCc3ccc(F)cc3)c2cc1[N+](=O)[O-]. The Morgan fingerprint density at radius 1 is 1.16 bits per heavy atom. The molecule has 0 aliphatic rings. The minimum atomic E-state index is -0.436. The monoisotopic (exact) mass is 341 g/mol. The van der Waals surface area contributed by atoms with Gasteiger partial charge in [-0.1, -0.05) is 12.1 Å². The van der Waals surface area contributed by atoms with Crippen LogP contribution < -0.4 is 10.6 Å². The third-order valence-corrected chi connectivity index (χ3v) is 3.69. The van der Waals surface area contributed by atoms with Gasteiger partial charge in [-0.2, -0.15) is 0 Å². The molecule has 0 radical (unpaired) electrons. The van der Waals surface area contributed by atoms with Gasteiger partial charge in [0.05, 0.1) is 10.4 Å². The van der Waals surface area contributed by atoms with Gasteiger partial charge >= 0.3 is 0 Å². The molecule has 0 amide bonds. The van der Waals surface area contributed by atoms with Crippen molar-refractivity contribution in [3.63, 3.8) is 0 Å². The van der Waals surface area contributed by atoms with Gasteiger partial charge in [0.2, 0.25) is 0 Å². The fourth-order valence-electron chi connectivity index (χ4n) is 2.50. The smallest absolute Gasteiger partial charge is 0.293 e. The first-order valence-corrected chi connectivity index (χ1v) is 7.74. The van der Waals surface area contributed by atoms with Crippen LogP contribution in [0.4, 0.5) is 21.6 Å². The predicted octanol–water partition coefficient (Wildman–Crippen LogP) is 3.72. The van der Waals surface area contributed by atoms with Crippen LogP contribution in [0.25, 0.3) is 10.9 Å². The molecule has 0 fully saturated rings. The van der Waals surface area contributed by atoms with E-state index in [0.29, 0.717) is 35.5 Å². The topological polar surface area (TPSA) is 93.0 Å². The standard InChI is InChI=1S/C17H16FN5O2/c1-2-19-15-8-14-13(7-16(15)23(24)25)17(22-10-21-14)20-9-11-3-5-12(18)6-4-11/h3-8,10,19H,2,9H2,1H3,(H,20,21,22). The van der Waals surface area contributed by atoms with Crippen molar-refractivity contribution in [2.75, 3.05) is 17.2 Å². The Balaban J connectivity index is 1.96. The third-order valence-electron chi connectivity index (χ3n) is 3.69. The number of hydrogen-bond acceptors (Lipinski definition) is 6. The van der Waals surface area contributed by atoms with E-state index < -0.39 is 4.92 Å². The molecule has 0 saturated heterocycles. The largest absolute Gasteiger partial charge is 0.380 e. The quantitative estimate of drug-likeness (QED) is 0.524. The molecule has 0 aliphatic heterocycles. The second-order valence-corrected chi connectivity index (χ2v) is 5.38. The molecule has 25 heavy (non-hydrogen) atoms. The summed E-state index contributed by atoms with van der Waals surface area (Å²) in [7, 11) is 0. The molecular weight excluding hydrogens is 325 g/mol. The molecule has 128 valence electrons. The summed E-state index contributed by atoms with van der Waals surface area (Å²) in [4.78, 5) is 19.3. The molecule has 3 rings (SSSR count). The molecule has 1 aromatic heterocycles. The van der Waals surface area contributed by atoms with E-state index in [4.69, 9.17) is 0 Å². The summed E-state index contributed by atoms with van der Waals surface area (Å²) in [5.74, 6) is 0.184. The number of anilines is 2. The van der Waals surface area contributed by atoms with Crippen LogP contribution in [0.1, 0.15) is 12.5 Å². The lowest BCUT2D eigenvalue weighted by molar-refractivity contribution is -0.383. The highest BCUT2D eigenvalue weighted by atomic mass is 19.1. The Morgan fingerprint density at radius 3 is 2.60 bits per heavy atom. The van der Waals surface area contributed by atoms with Crippen LogP contribution in [0.3, 0.4) is 0 Å². The molecule has 7 nitrogen and oxygen atoms in total. The molecule has 2 N–H and O–H groups in total. The van der Waals surface area contributed by atoms with Crippen LogP contribution in [0.5, 0.6) is 0 Å². The Morgan fingerprint density at radius 2 is 1.92 bits per heavy atom. The number of fused-ring (bicyclic) bond motifs is 1. The molecular formula is C17H16FN5O2. The molecule has 0 unspecified atom stereocenters. The van der Waals surface area contributed by atoms with Crippen molar-refractivity contribution in [3.05, 3.63) is 64.2 Å². The van der Waals surface area contributed by atoms with Gasteiger partial charge in [-0.25, -0.2) is 14.4 Å². The third kappa shape index (κ3) is 3.63. The maximum atomic E-state index is 13.0. The van der Waals surface area contributed by atoms with Gasteiger partial charge < -0.3 is 10.6 Å². The van der Waals surface area contributed by atoms with Crippen molar-refractivity contribution in [1.29, 1.82) is 0 Å². The maximum Gasteiger partial charge on any atom is 0.293 e. The second-order valence-electron chi connectivity index (χ2n) is 5.38. The molecule has 1 heterocycles. The van der Waals surface area contributed by atoms with E-state index in [9.17, 15) is 14.5 Å². The Hall–Kier alpha value is -3.29. The number of halogens is 1. The van der Waals surface area contributed by atoms with Crippen molar-refractivity contribution < 1.29 is 9.31 Å². The first kappa shape index (κ1) is 16.6. The first-order valence-electron chi connectivity index (χ1n) is 7.74. The zero-order chi connectivity index (χ0) is 17.8. The summed E-state index contributed by atoms with van der Waals surface area (Å²) < 4.78 is 13.0. The van der Waals surface area contributed by atoms with Crippen molar-refractivity contribution in [1.82, 2.24) is 9.97 Å². The number of rotatable bonds is 6. The number of benzene rings is 2. The van der Waals surface area contributed by atoms with E-state index >= 15 is 0 Å². The molecule has 0 bridgehead atoms. The summed E-state index contributed by atoms with van der Waals surface area (Å²) >= 11 is 0. The highest BCUT2D eigenvalue weighted by Crippen LogP contribution is 2.32. The molecule has 0 aliphatic carbocycles. The fraction of sp³-hybridized carbons (Fsp3) is 0.176. The zero-order valence-corrected chi connectivity index (χ0v) is 13.5. The van der Waals surface area contributed by atoms with Crippen LogP contribution in [-0.4, -0.2) is 21.4 Å². The summed E-state index contributed by atoms with van der Waals surface area (Å²) in [5.41, 5.74) is 1.85. The van der Waals surface area contributed by atoms with Crippen LogP contribution in [-0.2, 0) is 6.54 Å². The number of nitrogens with zero attached hydrogens (tertiary/aromatic N) is 3. The minimum absolute atomic E-state index is 0.0333. The molecule has 3 aromatic rings. The molecule has 2 aromatic carbocycles. The maximum absolute atomic E-state index is 13.0. The van der Waals surface area contributed by atoms with Gasteiger partial charge in [-0.3, -0.25) is 10.1 Å². The average molecular weight is 341 g/mol. The van der Waals surface area contributed by atoms with E-state index in [1.165, 1.54) is 24.5 Å². The van der Waals surface area contributed by atoms with E-state index in [-0.39, 0.29) is 11.5 Å². The number of nitro benzene ring substituents is 1. The average Bonchev–Trinajstić information content (AvgIpc) is 2.60. The summed E-state index contributed by atoms with van der Waals surface area (Å²) in [6.45, 7) is 2.84. The Kier molecular flexibility index (Phi) is 4.69. The predicted molar refractivity (Wildman–Crippen MR) is 94.1 cm³/mol. The highest BCUT2D eigenvalue weighted by Gasteiger charge is 2.17. The van der Waals surface area contributed by atoms with Gasteiger partial charge in [0.15, 0.2) is 0 Å². The zero-order valence-electron chi connectivity index (χ0n) is 13.5. The molecule has 0 saturated carbocycles. The van der Waals surface area contributed by atoms with Gasteiger partial charge in [0, 0.05) is 24.5 Å². The second kappa shape index (κ2) is 7.08. The van der Waals surface area contributed by atoms with Gasteiger partial charge in [-0.05, 0) is 30.7 Å². The van der Waals surface area contributed by atoms with Crippen LogP contribution in [0.2, 0.25) is 0 Å². The lowest BCUT2D eigenvalue weighted by atomic mass is 10.1. The van der Waals surface area contributed by atoms with E-state index in [0.717, 1.165) is 5.56 Å². The fourth-order valence-corrected chi connectivity index (χ4v) is 2.50. The van der Waals surface area contributed by atoms with Gasteiger partial charge in [0.1, 0.15) is 23.6 Å². The van der Waals surface area contributed by atoms with Crippen molar-refractivity contribution in [2.24, 2.45) is 0 Å². The van der Waals surface area contributed by atoms with E-state index in [1.807, 2.05) is 6.92 Å². The number of aromatic nitrogens is 2. The Bertz CT molecular complexity index is 915. The number of nitrogens with one attached hydrogen (secondary N) is 2. The normalized spacial score (nSPS) is 10.6. The first-order chi connectivity index (χ1) is 12.1. The van der Waals surface area contributed by atoms with Crippen LogP contribution in [0, 0.1) is 15.9 Å². The van der Waals surface area contributed by atoms with Gasteiger partial charge in [0.25, 0.3) is 5.69 Å². The summed E-state index contributed by atoms with van der Waals surface area (Å²) in [6.07, 6.45) is 1.40. The van der Waals surface area contributed by atoms with Crippen molar-refractivity contribution in [3.8, 4) is 0 Å². The van der Waals surface area contributed by atoms with Crippen molar-refractivity contribution in [2.45, 2.75) is 13.5 Å². The number of nitro groups is 1. The van der Waals surface area contributed by atoms with Crippen LogP contribution in [0.15, 0.2) is 42.7 Å². The van der Waals surface area contributed by atoms with E-state index in [2.05, 4.69) is 20.6 Å². The van der Waals surface area contributed by atoms with Gasteiger partial charge in [-0.15, -0.1) is 0 Å².